The summed E-state index contributed by atoms with van der Waals surface area (Å²) in [4.78, 5) is 20.4. The molecule has 158 valence electrons. The summed E-state index contributed by atoms with van der Waals surface area (Å²) < 4.78 is 41.8. The molecule has 1 aromatic heterocycles. The van der Waals surface area contributed by atoms with Crippen LogP contribution >= 0.6 is 0 Å². The molecule has 0 bridgehead atoms. The molecule has 0 N–H and O–H groups in total. The first-order valence-electron chi connectivity index (χ1n) is 10.4. The Labute approximate surface area is 168 Å². The van der Waals surface area contributed by atoms with E-state index in [1.165, 1.54) is 11.0 Å². The molecule has 29 heavy (non-hydrogen) atoms. The van der Waals surface area contributed by atoms with Crippen LogP contribution in [0, 0.1) is 5.92 Å². The molecule has 0 unspecified atom stereocenters. The van der Waals surface area contributed by atoms with Gasteiger partial charge in [-0.1, -0.05) is 12.1 Å². The van der Waals surface area contributed by atoms with E-state index in [2.05, 4.69) is 9.88 Å². The normalized spacial score (nSPS) is 19.8. The fourth-order valence-electron chi connectivity index (χ4n) is 4.50. The Balaban J connectivity index is 1.38. The third-order valence-corrected chi connectivity index (χ3v) is 6.12. The molecule has 5 nitrogen and oxygen atoms in total. The first kappa shape index (κ1) is 20.2. The Morgan fingerprint density at radius 3 is 2.41 bits per heavy atom. The summed E-state index contributed by atoms with van der Waals surface area (Å²) in [5.41, 5.74) is 0.909. The average molecular weight is 408 g/mol. The van der Waals surface area contributed by atoms with Gasteiger partial charge in [0, 0.05) is 19.6 Å². The van der Waals surface area contributed by atoms with Gasteiger partial charge in [0.15, 0.2) is 0 Å². The SMILES string of the molecule is O=C(CN1CCC(Cn2c(C(F)(F)F)nc3ccccc32)CC1)N1CCCCC1. The molecular formula is C21H27F3N4O. The van der Waals surface area contributed by atoms with Gasteiger partial charge < -0.3 is 9.47 Å². The van der Waals surface area contributed by atoms with Crippen LogP contribution in [0.5, 0.6) is 0 Å². The number of carbonyl (C=O) groups excluding carboxylic acids is 1. The molecule has 2 aromatic rings. The molecule has 1 amide bonds. The number of amides is 1. The second-order valence-corrected chi connectivity index (χ2v) is 8.19. The zero-order valence-corrected chi connectivity index (χ0v) is 16.5. The number of halogens is 3. The number of carbonyl (C=O) groups is 1. The minimum Gasteiger partial charge on any atom is -0.342 e. The van der Waals surface area contributed by atoms with Crippen LogP contribution in [0.15, 0.2) is 24.3 Å². The van der Waals surface area contributed by atoms with E-state index in [0.717, 1.165) is 51.9 Å². The van der Waals surface area contributed by atoms with Crippen molar-refractivity contribution in [3.8, 4) is 0 Å². The standard InChI is InChI=1S/C21H27F3N4O/c22-21(23,24)20-25-17-6-2-3-7-18(17)28(20)14-16-8-12-26(13-9-16)15-19(29)27-10-4-1-5-11-27/h2-3,6-7,16H,1,4-5,8-15H2. The van der Waals surface area contributed by atoms with E-state index in [0.29, 0.717) is 24.1 Å². The number of nitrogens with zero attached hydrogens (tertiary/aromatic N) is 4. The van der Waals surface area contributed by atoms with Crippen molar-refractivity contribution in [2.75, 3.05) is 32.7 Å². The van der Waals surface area contributed by atoms with Crippen molar-refractivity contribution in [2.45, 2.75) is 44.8 Å². The van der Waals surface area contributed by atoms with E-state index in [4.69, 9.17) is 0 Å². The Morgan fingerprint density at radius 2 is 1.72 bits per heavy atom. The average Bonchev–Trinajstić information content (AvgIpc) is 3.09. The molecular weight excluding hydrogens is 381 g/mol. The van der Waals surface area contributed by atoms with Gasteiger partial charge in [-0.25, -0.2) is 4.98 Å². The summed E-state index contributed by atoms with van der Waals surface area (Å²) in [6.45, 7) is 3.93. The summed E-state index contributed by atoms with van der Waals surface area (Å²) in [5.74, 6) is -0.487. The van der Waals surface area contributed by atoms with Crippen molar-refractivity contribution in [1.82, 2.24) is 19.4 Å². The van der Waals surface area contributed by atoms with Crippen molar-refractivity contribution in [3.63, 3.8) is 0 Å². The summed E-state index contributed by atoms with van der Waals surface area (Å²) in [7, 11) is 0. The van der Waals surface area contributed by atoms with E-state index in [1.807, 2.05) is 4.90 Å². The van der Waals surface area contributed by atoms with Crippen molar-refractivity contribution in [1.29, 1.82) is 0 Å². The molecule has 0 radical (unpaired) electrons. The summed E-state index contributed by atoms with van der Waals surface area (Å²) in [6.07, 6.45) is 0.454. The van der Waals surface area contributed by atoms with Crippen LogP contribution in [0.2, 0.25) is 0 Å². The minimum atomic E-state index is -4.47. The molecule has 0 saturated carbocycles. The van der Waals surface area contributed by atoms with Gasteiger partial charge in [0.1, 0.15) is 0 Å². The lowest BCUT2D eigenvalue weighted by atomic mass is 9.96. The van der Waals surface area contributed by atoms with Gasteiger partial charge in [-0.3, -0.25) is 9.69 Å². The Morgan fingerprint density at radius 1 is 1.03 bits per heavy atom. The molecule has 2 aliphatic heterocycles. The fraction of sp³-hybridized carbons (Fsp3) is 0.619. The third-order valence-electron chi connectivity index (χ3n) is 6.12. The van der Waals surface area contributed by atoms with E-state index < -0.39 is 12.0 Å². The van der Waals surface area contributed by atoms with Gasteiger partial charge in [-0.05, 0) is 63.2 Å². The zero-order valence-electron chi connectivity index (χ0n) is 16.5. The van der Waals surface area contributed by atoms with Gasteiger partial charge >= 0.3 is 6.18 Å². The van der Waals surface area contributed by atoms with Gasteiger partial charge in [0.25, 0.3) is 0 Å². The van der Waals surface area contributed by atoms with Crippen LogP contribution in [0.4, 0.5) is 13.2 Å². The van der Waals surface area contributed by atoms with E-state index in [9.17, 15) is 18.0 Å². The molecule has 2 fully saturated rings. The Bertz CT molecular complexity index is 849. The number of aromatic nitrogens is 2. The fourth-order valence-corrected chi connectivity index (χ4v) is 4.50. The molecule has 0 spiro atoms. The molecule has 0 atom stereocenters. The molecule has 1 aromatic carbocycles. The maximum absolute atomic E-state index is 13.5. The third kappa shape index (κ3) is 4.57. The number of benzene rings is 1. The smallest absolute Gasteiger partial charge is 0.342 e. The number of likely N-dealkylation sites (tertiary alicyclic amines) is 2. The van der Waals surface area contributed by atoms with Crippen LogP contribution in [-0.2, 0) is 17.5 Å². The van der Waals surface area contributed by atoms with E-state index in [1.54, 1.807) is 24.3 Å². The van der Waals surface area contributed by atoms with Gasteiger partial charge in [0.2, 0.25) is 11.7 Å². The molecule has 2 aliphatic rings. The molecule has 4 rings (SSSR count). The van der Waals surface area contributed by atoms with Crippen LogP contribution in [0.3, 0.4) is 0 Å². The van der Waals surface area contributed by atoms with Crippen LogP contribution in [0.25, 0.3) is 11.0 Å². The second-order valence-electron chi connectivity index (χ2n) is 8.19. The van der Waals surface area contributed by atoms with Crippen molar-refractivity contribution >= 4 is 16.9 Å². The van der Waals surface area contributed by atoms with Gasteiger partial charge in [0.05, 0.1) is 17.6 Å². The largest absolute Gasteiger partial charge is 0.449 e. The van der Waals surface area contributed by atoms with E-state index >= 15 is 0 Å². The topological polar surface area (TPSA) is 41.4 Å². The highest BCUT2D eigenvalue weighted by molar-refractivity contribution is 5.78. The number of para-hydroxylation sites is 2. The molecule has 2 saturated heterocycles. The van der Waals surface area contributed by atoms with Crippen LogP contribution < -0.4 is 0 Å². The van der Waals surface area contributed by atoms with Gasteiger partial charge in [-0.2, -0.15) is 13.2 Å². The number of alkyl halides is 3. The number of piperidine rings is 2. The Hall–Kier alpha value is -2.09. The maximum Gasteiger partial charge on any atom is 0.449 e. The molecule has 0 aliphatic carbocycles. The number of rotatable bonds is 4. The predicted molar refractivity (Wildman–Crippen MR) is 104 cm³/mol. The highest BCUT2D eigenvalue weighted by Crippen LogP contribution is 2.33. The lowest BCUT2D eigenvalue weighted by Gasteiger charge is -2.34. The first-order chi connectivity index (χ1) is 13.9. The summed E-state index contributed by atoms with van der Waals surface area (Å²) in [6, 6.07) is 6.77. The van der Waals surface area contributed by atoms with Crippen LogP contribution in [0.1, 0.15) is 37.9 Å². The molecule has 3 heterocycles. The van der Waals surface area contributed by atoms with Crippen LogP contribution in [-0.4, -0.2) is 58.0 Å². The highest BCUT2D eigenvalue weighted by atomic mass is 19.4. The quantitative estimate of drug-likeness (QED) is 0.773. The minimum absolute atomic E-state index is 0.148. The number of hydrogen-bond donors (Lipinski definition) is 0. The maximum atomic E-state index is 13.5. The van der Waals surface area contributed by atoms with Crippen molar-refractivity contribution < 1.29 is 18.0 Å². The van der Waals surface area contributed by atoms with E-state index in [-0.39, 0.29) is 11.8 Å². The summed E-state index contributed by atoms with van der Waals surface area (Å²) in [5, 5.41) is 0. The van der Waals surface area contributed by atoms with Crippen molar-refractivity contribution in [2.24, 2.45) is 5.92 Å². The lowest BCUT2D eigenvalue weighted by molar-refractivity contribution is -0.147. The summed E-state index contributed by atoms with van der Waals surface area (Å²) >= 11 is 0. The second kappa shape index (κ2) is 8.34. The molecule has 8 heteroatoms. The Kier molecular flexibility index (Phi) is 5.81. The van der Waals surface area contributed by atoms with Crippen molar-refractivity contribution in [3.05, 3.63) is 30.1 Å². The predicted octanol–water partition coefficient (Wildman–Crippen LogP) is 3.78. The monoisotopic (exact) mass is 408 g/mol. The number of hydrogen-bond acceptors (Lipinski definition) is 3. The zero-order chi connectivity index (χ0) is 20.4. The highest BCUT2D eigenvalue weighted by Gasteiger charge is 2.38. The lowest BCUT2D eigenvalue weighted by Crippen LogP contribution is -2.45. The number of fused-ring (bicyclic) bond motifs is 1. The van der Waals surface area contributed by atoms with Gasteiger partial charge in [-0.15, -0.1) is 0 Å². The number of imidazole rings is 1. The first-order valence-corrected chi connectivity index (χ1v) is 10.4.